The summed E-state index contributed by atoms with van der Waals surface area (Å²) >= 11 is 0. The van der Waals surface area contributed by atoms with Gasteiger partial charge in [-0.3, -0.25) is 0 Å². The summed E-state index contributed by atoms with van der Waals surface area (Å²) in [4.78, 5) is 3.98. The van der Waals surface area contributed by atoms with E-state index in [4.69, 9.17) is 0 Å². The van der Waals surface area contributed by atoms with Gasteiger partial charge in [-0.2, -0.15) is 0 Å². The second-order valence-electron chi connectivity index (χ2n) is 4.31. The number of aryl methyl sites for hydroxylation is 1. The number of nitrogens with zero attached hydrogens (tertiary/aromatic N) is 1. The minimum absolute atomic E-state index is 0.199. The fourth-order valence-electron chi connectivity index (χ4n) is 1.89. The quantitative estimate of drug-likeness (QED) is 0.848. The monoisotopic (exact) mass is 240 g/mol. The largest absolute Gasteiger partial charge is 0.316 e. The highest BCUT2D eigenvalue weighted by molar-refractivity contribution is 7.91. The minimum atomic E-state index is -3.21. The van der Waals surface area contributed by atoms with Gasteiger partial charge in [-0.15, -0.1) is 0 Å². The van der Waals surface area contributed by atoms with Gasteiger partial charge in [-0.25, -0.2) is 13.4 Å². The van der Waals surface area contributed by atoms with E-state index in [9.17, 15) is 8.42 Å². The van der Waals surface area contributed by atoms with Crippen LogP contribution in [0.1, 0.15) is 12.0 Å². The van der Waals surface area contributed by atoms with Crippen molar-refractivity contribution in [1.29, 1.82) is 0 Å². The summed E-state index contributed by atoms with van der Waals surface area (Å²) in [5.74, 6) is 0.434. The lowest BCUT2D eigenvalue weighted by Crippen LogP contribution is -2.19. The van der Waals surface area contributed by atoms with Crippen LogP contribution in [-0.4, -0.2) is 32.2 Å². The molecule has 1 saturated heterocycles. The number of aromatic nitrogens is 1. The van der Waals surface area contributed by atoms with E-state index in [2.05, 4.69) is 10.3 Å². The van der Waals surface area contributed by atoms with Crippen molar-refractivity contribution in [2.75, 3.05) is 18.8 Å². The summed E-state index contributed by atoms with van der Waals surface area (Å²) in [7, 11) is -3.21. The van der Waals surface area contributed by atoms with Crippen LogP contribution in [0.15, 0.2) is 23.4 Å². The lowest BCUT2D eigenvalue weighted by atomic mass is 10.2. The molecule has 1 aliphatic rings. The third kappa shape index (κ3) is 2.59. The molecular weight excluding hydrogens is 224 g/mol. The first-order valence-electron chi connectivity index (χ1n) is 5.44. The smallest absolute Gasteiger partial charge is 0.195 e. The Morgan fingerprint density at radius 2 is 2.31 bits per heavy atom. The summed E-state index contributed by atoms with van der Waals surface area (Å²) in [6, 6.07) is 3.37. The zero-order valence-corrected chi connectivity index (χ0v) is 10.1. The van der Waals surface area contributed by atoms with Gasteiger partial charge in [-0.1, -0.05) is 6.07 Å². The van der Waals surface area contributed by atoms with Gasteiger partial charge in [0.1, 0.15) is 0 Å². The normalized spacial score (nSPS) is 21.2. The van der Waals surface area contributed by atoms with Crippen LogP contribution in [0.3, 0.4) is 0 Å². The van der Waals surface area contributed by atoms with E-state index < -0.39 is 9.84 Å². The van der Waals surface area contributed by atoms with Crippen LogP contribution in [-0.2, 0) is 9.84 Å². The van der Waals surface area contributed by atoms with Gasteiger partial charge in [0.25, 0.3) is 0 Å². The maximum atomic E-state index is 12.0. The Morgan fingerprint density at radius 3 is 2.88 bits per heavy atom. The molecule has 0 aliphatic carbocycles. The number of sulfone groups is 1. The van der Waals surface area contributed by atoms with E-state index in [1.54, 1.807) is 18.3 Å². The third-order valence-corrected chi connectivity index (χ3v) is 4.61. The third-order valence-electron chi connectivity index (χ3n) is 2.82. The van der Waals surface area contributed by atoms with Crippen LogP contribution >= 0.6 is 0 Å². The van der Waals surface area contributed by atoms with Crippen LogP contribution < -0.4 is 5.32 Å². The van der Waals surface area contributed by atoms with Crippen molar-refractivity contribution in [2.24, 2.45) is 5.92 Å². The molecule has 0 spiro atoms. The Kier molecular flexibility index (Phi) is 3.25. The average Bonchev–Trinajstić information content (AvgIpc) is 2.70. The topological polar surface area (TPSA) is 59.1 Å². The average molecular weight is 240 g/mol. The molecule has 1 aromatic heterocycles. The molecule has 1 atom stereocenters. The van der Waals surface area contributed by atoms with Crippen LogP contribution in [0.4, 0.5) is 0 Å². The fraction of sp³-hybridized carbons (Fsp3) is 0.545. The van der Waals surface area contributed by atoms with Crippen molar-refractivity contribution < 1.29 is 8.42 Å². The molecule has 1 fully saturated rings. The lowest BCUT2D eigenvalue weighted by Gasteiger charge is -2.08. The van der Waals surface area contributed by atoms with Gasteiger partial charge in [-0.05, 0) is 44.0 Å². The van der Waals surface area contributed by atoms with Gasteiger partial charge in [0.2, 0.25) is 0 Å². The van der Waals surface area contributed by atoms with Gasteiger partial charge >= 0.3 is 0 Å². The maximum absolute atomic E-state index is 12.0. The molecule has 2 heterocycles. The number of rotatable bonds is 3. The van der Waals surface area contributed by atoms with E-state index in [-0.39, 0.29) is 16.7 Å². The molecule has 0 bridgehead atoms. The van der Waals surface area contributed by atoms with Crippen molar-refractivity contribution in [3.8, 4) is 0 Å². The first-order chi connectivity index (χ1) is 7.58. The molecular formula is C11H16N2O2S. The van der Waals surface area contributed by atoms with Crippen molar-refractivity contribution >= 4 is 9.84 Å². The van der Waals surface area contributed by atoms with Crippen molar-refractivity contribution in [3.05, 3.63) is 23.9 Å². The second-order valence-corrected chi connectivity index (χ2v) is 6.30. The van der Waals surface area contributed by atoms with E-state index >= 15 is 0 Å². The first-order valence-corrected chi connectivity index (χ1v) is 7.09. The van der Waals surface area contributed by atoms with E-state index in [0.717, 1.165) is 25.1 Å². The molecule has 4 nitrogen and oxygen atoms in total. The molecule has 0 radical (unpaired) electrons. The zero-order valence-electron chi connectivity index (χ0n) is 9.31. The van der Waals surface area contributed by atoms with Crippen molar-refractivity contribution in [3.63, 3.8) is 0 Å². The Bertz CT molecular complexity index is 447. The molecule has 16 heavy (non-hydrogen) atoms. The maximum Gasteiger partial charge on any atom is 0.195 e. The second kappa shape index (κ2) is 4.51. The summed E-state index contributed by atoms with van der Waals surface area (Å²) in [5, 5.41) is 3.37. The van der Waals surface area contributed by atoms with E-state index in [1.807, 2.05) is 6.92 Å². The summed E-state index contributed by atoms with van der Waals surface area (Å²) in [6.45, 7) is 3.61. The minimum Gasteiger partial charge on any atom is -0.316 e. The van der Waals surface area contributed by atoms with Crippen molar-refractivity contribution in [2.45, 2.75) is 18.4 Å². The molecule has 2 rings (SSSR count). The highest BCUT2D eigenvalue weighted by Gasteiger charge is 2.24. The number of hydrogen-bond donors (Lipinski definition) is 1. The summed E-state index contributed by atoms with van der Waals surface area (Å²) in [5.41, 5.74) is 0.974. The fourth-order valence-corrected chi connectivity index (χ4v) is 3.46. The standard InChI is InChI=1S/C11H16N2O2S/c1-9-2-3-11(13-6-9)16(14,15)8-10-4-5-12-7-10/h2-3,6,10,12H,4-5,7-8H2,1H3. The number of pyridine rings is 1. The summed E-state index contributed by atoms with van der Waals surface area (Å²) < 4.78 is 24.0. The Balaban J connectivity index is 2.14. The highest BCUT2D eigenvalue weighted by atomic mass is 32.2. The molecule has 88 valence electrons. The predicted octanol–water partition coefficient (Wildman–Crippen LogP) is 0.773. The predicted molar refractivity (Wildman–Crippen MR) is 62.0 cm³/mol. The molecule has 1 N–H and O–H groups in total. The van der Waals surface area contributed by atoms with E-state index in [0.29, 0.717) is 0 Å². The van der Waals surface area contributed by atoms with Gasteiger partial charge < -0.3 is 5.32 Å². The number of hydrogen-bond acceptors (Lipinski definition) is 4. The van der Waals surface area contributed by atoms with Crippen LogP contribution in [0.2, 0.25) is 0 Å². The van der Waals surface area contributed by atoms with Crippen LogP contribution in [0.5, 0.6) is 0 Å². The Labute approximate surface area is 96.0 Å². The highest BCUT2D eigenvalue weighted by Crippen LogP contribution is 2.16. The Hall–Kier alpha value is -0.940. The van der Waals surface area contributed by atoms with Gasteiger partial charge in [0.05, 0.1) is 5.75 Å². The summed E-state index contributed by atoms with van der Waals surface area (Å²) in [6.07, 6.45) is 2.53. The molecule has 1 aromatic rings. The zero-order chi connectivity index (χ0) is 11.6. The molecule has 1 unspecified atom stereocenters. The van der Waals surface area contributed by atoms with Crippen LogP contribution in [0.25, 0.3) is 0 Å². The molecule has 1 aliphatic heterocycles. The van der Waals surface area contributed by atoms with Crippen molar-refractivity contribution in [1.82, 2.24) is 10.3 Å². The molecule has 0 amide bonds. The molecule has 5 heteroatoms. The first kappa shape index (κ1) is 11.5. The lowest BCUT2D eigenvalue weighted by molar-refractivity contribution is 0.567. The molecule has 0 saturated carbocycles. The van der Waals surface area contributed by atoms with Crippen LogP contribution in [0, 0.1) is 12.8 Å². The van der Waals surface area contributed by atoms with E-state index in [1.165, 1.54) is 0 Å². The van der Waals surface area contributed by atoms with Gasteiger partial charge in [0.15, 0.2) is 14.9 Å². The number of nitrogens with one attached hydrogen (secondary N) is 1. The Morgan fingerprint density at radius 1 is 1.50 bits per heavy atom. The van der Waals surface area contributed by atoms with Gasteiger partial charge in [0, 0.05) is 6.20 Å². The molecule has 0 aromatic carbocycles. The SMILES string of the molecule is Cc1ccc(S(=O)(=O)CC2CCNC2)nc1.